The highest BCUT2D eigenvalue weighted by Gasteiger charge is 2.30. The van der Waals surface area contributed by atoms with E-state index in [-0.39, 0.29) is 0 Å². The Hall–Kier alpha value is -3.34. The van der Waals surface area contributed by atoms with Gasteiger partial charge in [-0.25, -0.2) is 19.9 Å². The third-order valence-corrected chi connectivity index (χ3v) is 4.38. The summed E-state index contributed by atoms with van der Waals surface area (Å²) in [6.07, 6.45) is -1.51. The molecular formula is C19H16ClF3N6O2. The van der Waals surface area contributed by atoms with Crippen molar-refractivity contribution in [3.8, 4) is 23.0 Å². The zero-order chi connectivity index (χ0) is 21.8. The zero-order valence-corrected chi connectivity index (χ0v) is 16.7. The van der Waals surface area contributed by atoms with Crippen molar-refractivity contribution in [3.05, 3.63) is 47.4 Å². The van der Waals surface area contributed by atoms with Crippen molar-refractivity contribution in [2.24, 2.45) is 0 Å². The number of anilines is 2. The van der Waals surface area contributed by atoms with Gasteiger partial charge in [0.1, 0.15) is 18.4 Å². The van der Waals surface area contributed by atoms with Gasteiger partial charge in [0.25, 0.3) is 11.8 Å². The Kier molecular flexibility index (Phi) is 5.94. The predicted octanol–water partition coefficient (Wildman–Crippen LogP) is 3.90. The minimum atomic E-state index is -4.38. The second kappa shape index (κ2) is 8.80. The Morgan fingerprint density at radius 1 is 0.903 bits per heavy atom. The minimum Gasteiger partial charge on any atom is -0.473 e. The van der Waals surface area contributed by atoms with Crippen LogP contribution in [0.5, 0.6) is 11.8 Å². The maximum atomic E-state index is 12.7. The molecule has 3 aromatic rings. The van der Waals surface area contributed by atoms with E-state index in [0.29, 0.717) is 59.6 Å². The van der Waals surface area contributed by atoms with E-state index >= 15 is 0 Å². The number of nitrogens with one attached hydrogen (secondary N) is 2. The van der Waals surface area contributed by atoms with E-state index in [4.69, 9.17) is 21.1 Å². The molecule has 2 aromatic heterocycles. The van der Waals surface area contributed by atoms with Crippen LogP contribution in [0.3, 0.4) is 0 Å². The predicted molar refractivity (Wildman–Crippen MR) is 107 cm³/mol. The van der Waals surface area contributed by atoms with Crippen LogP contribution in [0.1, 0.15) is 5.56 Å². The summed E-state index contributed by atoms with van der Waals surface area (Å²) in [5, 5.41) is 6.39. The number of nitrogens with zero attached hydrogens (tertiary/aromatic N) is 4. The van der Waals surface area contributed by atoms with Gasteiger partial charge in [-0.1, -0.05) is 23.7 Å². The average Bonchev–Trinajstić information content (AvgIpc) is 2.78. The Balaban J connectivity index is 0.000000177. The molecule has 0 amide bonds. The summed E-state index contributed by atoms with van der Waals surface area (Å²) >= 11 is 5.61. The van der Waals surface area contributed by atoms with Gasteiger partial charge in [0.2, 0.25) is 0 Å². The summed E-state index contributed by atoms with van der Waals surface area (Å²) in [6, 6.07) is 5.00. The van der Waals surface area contributed by atoms with Crippen molar-refractivity contribution in [2.75, 3.05) is 36.9 Å². The second-order valence-corrected chi connectivity index (χ2v) is 6.77. The van der Waals surface area contributed by atoms with E-state index in [1.54, 1.807) is 6.07 Å². The summed E-state index contributed by atoms with van der Waals surface area (Å²) in [5.41, 5.74) is 0.0223. The first-order valence-corrected chi connectivity index (χ1v) is 9.58. The molecule has 1 aromatic carbocycles. The van der Waals surface area contributed by atoms with Crippen molar-refractivity contribution in [3.63, 3.8) is 0 Å². The molecule has 0 spiro atoms. The van der Waals surface area contributed by atoms with E-state index in [1.807, 2.05) is 0 Å². The van der Waals surface area contributed by atoms with Gasteiger partial charge in [0.05, 0.1) is 36.7 Å². The van der Waals surface area contributed by atoms with Crippen LogP contribution in [0.2, 0.25) is 5.15 Å². The first kappa shape index (κ1) is 20.9. The lowest BCUT2D eigenvalue weighted by molar-refractivity contribution is -0.137. The Labute approximate surface area is 179 Å². The smallest absolute Gasteiger partial charge is 0.416 e. The molecular weight excluding hydrogens is 437 g/mol. The van der Waals surface area contributed by atoms with Crippen LogP contribution in [0.25, 0.3) is 11.3 Å². The zero-order valence-electron chi connectivity index (χ0n) is 15.9. The molecule has 0 unspecified atom stereocenters. The molecule has 2 N–H and O–H groups in total. The van der Waals surface area contributed by atoms with Crippen LogP contribution in [-0.2, 0) is 6.18 Å². The molecule has 5 rings (SSSR count). The topological polar surface area (TPSA) is 94.1 Å². The summed E-state index contributed by atoms with van der Waals surface area (Å²) in [4.78, 5) is 16.2. The first-order valence-electron chi connectivity index (χ1n) is 9.21. The van der Waals surface area contributed by atoms with Crippen LogP contribution in [0.15, 0.2) is 36.7 Å². The van der Waals surface area contributed by atoms with Gasteiger partial charge in [0.15, 0.2) is 11.6 Å². The Morgan fingerprint density at radius 3 is 2.23 bits per heavy atom. The van der Waals surface area contributed by atoms with E-state index < -0.39 is 11.7 Å². The number of rotatable bonds is 1. The molecule has 0 fully saturated rings. The first-order chi connectivity index (χ1) is 14.9. The van der Waals surface area contributed by atoms with Gasteiger partial charge in [-0.2, -0.15) is 13.2 Å². The summed E-state index contributed by atoms with van der Waals surface area (Å²) in [7, 11) is 0. The molecule has 8 nitrogen and oxygen atoms in total. The molecule has 2 aliphatic heterocycles. The molecule has 0 aliphatic carbocycles. The lowest BCUT2D eigenvalue weighted by Crippen LogP contribution is -2.20. The SMILES string of the molecule is Clc1cnc2c(n1)NCCO2.FC(F)(F)c1cccc(-c2cnc3c(n2)NCCO3)c1. The molecule has 4 heterocycles. The van der Waals surface area contributed by atoms with Gasteiger partial charge in [-0.15, -0.1) is 0 Å². The van der Waals surface area contributed by atoms with Gasteiger partial charge in [-0.05, 0) is 12.1 Å². The molecule has 162 valence electrons. The molecule has 0 atom stereocenters. The van der Waals surface area contributed by atoms with Crippen LogP contribution >= 0.6 is 11.6 Å². The molecule has 0 radical (unpaired) electrons. The summed E-state index contributed by atoms with van der Waals surface area (Å²) in [5.74, 6) is 1.97. The average molecular weight is 453 g/mol. The normalized spacial score (nSPS) is 14.3. The summed E-state index contributed by atoms with van der Waals surface area (Å²) < 4.78 is 48.5. The van der Waals surface area contributed by atoms with E-state index in [1.165, 1.54) is 18.5 Å². The highest BCUT2D eigenvalue weighted by molar-refractivity contribution is 6.29. The van der Waals surface area contributed by atoms with Gasteiger partial charge >= 0.3 is 6.18 Å². The highest BCUT2D eigenvalue weighted by atomic mass is 35.5. The largest absolute Gasteiger partial charge is 0.473 e. The van der Waals surface area contributed by atoms with Crippen LogP contribution in [0, 0.1) is 0 Å². The number of benzene rings is 1. The number of alkyl halides is 3. The number of hydrogen-bond donors (Lipinski definition) is 2. The Morgan fingerprint density at radius 2 is 1.55 bits per heavy atom. The third kappa shape index (κ3) is 5.05. The van der Waals surface area contributed by atoms with Crippen molar-refractivity contribution in [2.45, 2.75) is 6.18 Å². The van der Waals surface area contributed by atoms with Crippen molar-refractivity contribution >= 4 is 23.2 Å². The summed E-state index contributed by atoms with van der Waals surface area (Å²) in [6.45, 7) is 2.46. The molecule has 0 saturated heterocycles. The highest BCUT2D eigenvalue weighted by Crippen LogP contribution is 2.32. The maximum Gasteiger partial charge on any atom is 0.416 e. The van der Waals surface area contributed by atoms with Crippen LogP contribution in [-0.4, -0.2) is 46.2 Å². The van der Waals surface area contributed by atoms with Crippen molar-refractivity contribution in [1.82, 2.24) is 19.9 Å². The van der Waals surface area contributed by atoms with Crippen LogP contribution < -0.4 is 20.1 Å². The number of ether oxygens (including phenoxy) is 2. The number of aromatic nitrogens is 4. The molecule has 31 heavy (non-hydrogen) atoms. The molecule has 0 saturated carbocycles. The molecule has 2 aliphatic rings. The lowest BCUT2D eigenvalue weighted by atomic mass is 10.1. The monoisotopic (exact) mass is 452 g/mol. The van der Waals surface area contributed by atoms with Crippen molar-refractivity contribution in [1.29, 1.82) is 0 Å². The third-order valence-electron chi connectivity index (χ3n) is 4.20. The number of halogens is 4. The Bertz CT molecular complexity index is 1080. The van der Waals surface area contributed by atoms with Gasteiger partial charge in [0, 0.05) is 5.56 Å². The number of hydrogen-bond acceptors (Lipinski definition) is 8. The maximum absolute atomic E-state index is 12.7. The van der Waals surface area contributed by atoms with Gasteiger partial charge < -0.3 is 20.1 Å². The van der Waals surface area contributed by atoms with E-state index in [2.05, 4.69) is 30.6 Å². The molecule has 0 bridgehead atoms. The second-order valence-electron chi connectivity index (χ2n) is 6.38. The fourth-order valence-electron chi connectivity index (χ4n) is 2.80. The minimum absolute atomic E-state index is 0.363. The van der Waals surface area contributed by atoms with Crippen LogP contribution in [0.4, 0.5) is 24.8 Å². The fourth-order valence-corrected chi connectivity index (χ4v) is 2.94. The quantitative estimate of drug-likeness (QED) is 0.574. The lowest BCUT2D eigenvalue weighted by Gasteiger charge is -2.17. The van der Waals surface area contributed by atoms with Crippen molar-refractivity contribution < 1.29 is 22.6 Å². The van der Waals surface area contributed by atoms with E-state index in [0.717, 1.165) is 18.7 Å². The standard InChI is InChI=1S/C13H10F3N3O.C6H6ClN3O/c14-13(15,16)9-3-1-2-8(6-9)10-7-18-12-11(19-10)17-4-5-20-12;7-4-3-9-6-5(10-4)8-1-2-11-6/h1-3,6-7H,4-5H2,(H,17,19);3H,1-2H2,(H,8,10). The van der Waals surface area contributed by atoms with Gasteiger partial charge in [-0.3, -0.25) is 0 Å². The van der Waals surface area contributed by atoms with E-state index in [9.17, 15) is 13.2 Å². The number of fused-ring (bicyclic) bond motifs is 2. The molecule has 12 heteroatoms. The fraction of sp³-hybridized carbons (Fsp3) is 0.263.